The Kier molecular flexibility index (Phi) is 7.98. The van der Waals surface area contributed by atoms with Crippen LogP contribution < -0.4 is 15.4 Å². The summed E-state index contributed by atoms with van der Waals surface area (Å²) in [6.45, 7) is 2.35. The highest BCUT2D eigenvalue weighted by molar-refractivity contribution is 6.30. The van der Waals surface area contributed by atoms with Gasteiger partial charge in [-0.1, -0.05) is 53.6 Å². The van der Waals surface area contributed by atoms with Gasteiger partial charge in [-0.05, 0) is 37.2 Å². The van der Waals surface area contributed by atoms with Gasteiger partial charge in [0.25, 0.3) is 5.91 Å². The monoisotopic (exact) mass is 392 g/mol. The summed E-state index contributed by atoms with van der Waals surface area (Å²) >= 11 is 5.92. The summed E-state index contributed by atoms with van der Waals surface area (Å²) in [7, 11) is 0. The van der Waals surface area contributed by atoms with Crippen LogP contribution in [0.4, 0.5) is 0 Å². The Bertz CT molecular complexity index is 733. The van der Waals surface area contributed by atoms with Gasteiger partial charge >= 0.3 is 0 Å². The van der Waals surface area contributed by atoms with Crippen molar-refractivity contribution in [2.75, 3.05) is 19.6 Å². The molecule has 26 heavy (non-hydrogen) atoms. The van der Waals surface area contributed by atoms with Gasteiger partial charge in [-0.15, -0.1) is 12.4 Å². The Morgan fingerprint density at radius 2 is 1.88 bits per heavy atom. The highest BCUT2D eigenvalue weighted by Gasteiger charge is 2.22. The molecule has 0 bridgehead atoms. The van der Waals surface area contributed by atoms with Crippen LogP contribution in [-0.2, 0) is 4.79 Å². The van der Waals surface area contributed by atoms with Crippen molar-refractivity contribution < 1.29 is 9.53 Å². The SMILES string of the molecule is Cl.O=C(NCC1=CCNCC1)C(Oc1ccc(Cl)cc1)c1ccccc1. The van der Waals surface area contributed by atoms with Crippen molar-refractivity contribution in [3.8, 4) is 5.75 Å². The van der Waals surface area contributed by atoms with Crippen LogP contribution in [0.5, 0.6) is 5.75 Å². The molecule has 0 radical (unpaired) electrons. The molecule has 2 aromatic carbocycles. The van der Waals surface area contributed by atoms with Crippen LogP contribution in [0.1, 0.15) is 18.1 Å². The Balaban J connectivity index is 0.00000243. The summed E-state index contributed by atoms with van der Waals surface area (Å²) in [5.41, 5.74) is 2.06. The van der Waals surface area contributed by atoms with Gasteiger partial charge in [0.05, 0.1) is 0 Å². The van der Waals surface area contributed by atoms with Gasteiger partial charge in [-0.2, -0.15) is 0 Å². The predicted octanol–water partition coefficient (Wildman–Crippen LogP) is 3.92. The van der Waals surface area contributed by atoms with Crippen molar-refractivity contribution in [1.29, 1.82) is 0 Å². The standard InChI is InChI=1S/C20H21ClN2O2.ClH/c21-17-6-8-18(9-7-17)25-19(16-4-2-1-3-5-16)20(24)23-14-15-10-12-22-13-11-15;/h1-10,19,22H,11-14H2,(H,23,24);1H. The summed E-state index contributed by atoms with van der Waals surface area (Å²) in [4.78, 5) is 12.8. The Morgan fingerprint density at radius 3 is 2.54 bits per heavy atom. The Hall–Kier alpha value is -2.01. The lowest BCUT2D eigenvalue weighted by atomic mass is 10.1. The fourth-order valence-corrected chi connectivity index (χ4v) is 2.80. The molecule has 2 aromatic rings. The zero-order valence-corrected chi connectivity index (χ0v) is 15.9. The van der Waals surface area contributed by atoms with E-state index in [1.807, 2.05) is 30.3 Å². The molecular weight excluding hydrogens is 371 g/mol. The molecule has 1 heterocycles. The van der Waals surface area contributed by atoms with Gasteiger partial charge in [0.2, 0.25) is 6.10 Å². The van der Waals surface area contributed by atoms with Gasteiger partial charge in [-0.25, -0.2) is 0 Å². The molecule has 1 amide bonds. The Labute approximate surface area is 165 Å². The van der Waals surface area contributed by atoms with Crippen molar-refractivity contribution in [2.24, 2.45) is 0 Å². The van der Waals surface area contributed by atoms with E-state index in [9.17, 15) is 4.79 Å². The molecule has 6 heteroatoms. The average Bonchev–Trinajstić information content (AvgIpc) is 2.67. The molecule has 0 saturated carbocycles. The first kappa shape index (κ1) is 20.3. The van der Waals surface area contributed by atoms with Crippen LogP contribution in [0, 0.1) is 0 Å². The molecule has 3 rings (SSSR count). The van der Waals surface area contributed by atoms with Crippen LogP contribution in [0.15, 0.2) is 66.2 Å². The second-order valence-corrected chi connectivity index (χ2v) is 6.33. The summed E-state index contributed by atoms with van der Waals surface area (Å²) in [5.74, 6) is 0.454. The molecule has 0 aromatic heterocycles. The molecule has 0 saturated heterocycles. The lowest BCUT2D eigenvalue weighted by molar-refractivity contribution is -0.128. The summed E-state index contributed by atoms with van der Waals surface area (Å²) < 4.78 is 5.95. The molecule has 1 aliphatic rings. The number of hydrogen-bond acceptors (Lipinski definition) is 3. The number of carbonyl (C=O) groups is 1. The molecule has 138 valence electrons. The first-order chi connectivity index (χ1) is 12.2. The zero-order chi connectivity index (χ0) is 17.5. The third kappa shape index (κ3) is 5.77. The molecule has 0 spiro atoms. The van der Waals surface area contributed by atoms with Gasteiger partial charge < -0.3 is 15.4 Å². The van der Waals surface area contributed by atoms with Crippen LogP contribution in [0.3, 0.4) is 0 Å². The van der Waals surface area contributed by atoms with Crippen molar-refractivity contribution in [3.05, 3.63) is 76.8 Å². The number of halogens is 2. The maximum absolute atomic E-state index is 12.8. The minimum absolute atomic E-state index is 0. The summed E-state index contributed by atoms with van der Waals surface area (Å²) in [5, 5.41) is 6.89. The number of rotatable bonds is 6. The third-order valence-electron chi connectivity index (χ3n) is 4.06. The van der Waals surface area contributed by atoms with E-state index in [4.69, 9.17) is 16.3 Å². The maximum atomic E-state index is 12.8. The van der Waals surface area contributed by atoms with Crippen LogP contribution in [-0.4, -0.2) is 25.5 Å². The fraction of sp³-hybridized carbons (Fsp3) is 0.250. The molecule has 1 unspecified atom stereocenters. The quantitative estimate of drug-likeness (QED) is 0.732. The summed E-state index contributed by atoms with van der Waals surface area (Å²) in [6, 6.07) is 16.5. The maximum Gasteiger partial charge on any atom is 0.266 e. The van der Waals surface area contributed by atoms with E-state index >= 15 is 0 Å². The van der Waals surface area contributed by atoms with E-state index in [-0.39, 0.29) is 18.3 Å². The number of nitrogens with one attached hydrogen (secondary N) is 2. The highest BCUT2D eigenvalue weighted by Crippen LogP contribution is 2.24. The van der Waals surface area contributed by atoms with Crippen molar-refractivity contribution in [2.45, 2.75) is 12.5 Å². The molecule has 1 aliphatic heterocycles. The zero-order valence-electron chi connectivity index (χ0n) is 14.3. The molecule has 4 nitrogen and oxygen atoms in total. The smallest absolute Gasteiger partial charge is 0.266 e. The van der Waals surface area contributed by atoms with Crippen molar-refractivity contribution in [1.82, 2.24) is 10.6 Å². The first-order valence-electron chi connectivity index (χ1n) is 8.36. The average molecular weight is 393 g/mol. The molecule has 1 atom stereocenters. The van der Waals surface area contributed by atoms with E-state index in [1.165, 1.54) is 5.57 Å². The van der Waals surface area contributed by atoms with Crippen LogP contribution >= 0.6 is 24.0 Å². The normalized spacial score (nSPS) is 14.6. The van der Waals surface area contributed by atoms with Crippen LogP contribution in [0.25, 0.3) is 0 Å². The number of hydrogen-bond donors (Lipinski definition) is 2. The summed E-state index contributed by atoms with van der Waals surface area (Å²) in [6.07, 6.45) is 2.38. The number of amides is 1. The third-order valence-corrected chi connectivity index (χ3v) is 4.31. The number of benzene rings is 2. The molecule has 0 fully saturated rings. The predicted molar refractivity (Wildman–Crippen MR) is 107 cm³/mol. The van der Waals surface area contributed by atoms with Crippen molar-refractivity contribution in [3.63, 3.8) is 0 Å². The van der Waals surface area contributed by atoms with Gasteiger partial charge in [0.15, 0.2) is 0 Å². The number of ether oxygens (including phenoxy) is 1. The molecule has 2 N–H and O–H groups in total. The fourth-order valence-electron chi connectivity index (χ4n) is 2.67. The number of carbonyl (C=O) groups excluding carboxylic acids is 1. The Morgan fingerprint density at radius 1 is 1.15 bits per heavy atom. The lowest BCUT2D eigenvalue weighted by Gasteiger charge is -2.20. The van der Waals surface area contributed by atoms with Gasteiger partial charge in [0, 0.05) is 23.7 Å². The second kappa shape index (κ2) is 10.2. The largest absolute Gasteiger partial charge is 0.476 e. The van der Waals surface area contributed by atoms with E-state index in [2.05, 4.69) is 16.7 Å². The highest BCUT2D eigenvalue weighted by atomic mass is 35.5. The van der Waals surface area contributed by atoms with Gasteiger partial charge in [-0.3, -0.25) is 4.79 Å². The van der Waals surface area contributed by atoms with E-state index in [0.717, 1.165) is 25.1 Å². The molecule has 0 aliphatic carbocycles. The van der Waals surface area contributed by atoms with Crippen molar-refractivity contribution >= 4 is 29.9 Å². The minimum atomic E-state index is -0.704. The van der Waals surface area contributed by atoms with Crippen LogP contribution in [0.2, 0.25) is 5.02 Å². The topological polar surface area (TPSA) is 50.4 Å². The van der Waals surface area contributed by atoms with E-state index in [1.54, 1.807) is 24.3 Å². The lowest BCUT2D eigenvalue weighted by Crippen LogP contribution is -2.35. The van der Waals surface area contributed by atoms with E-state index in [0.29, 0.717) is 17.3 Å². The molecular formula is C20H22Cl2N2O2. The second-order valence-electron chi connectivity index (χ2n) is 5.90. The van der Waals surface area contributed by atoms with Gasteiger partial charge in [0.1, 0.15) is 5.75 Å². The minimum Gasteiger partial charge on any atom is -0.476 e. The van der Waals surface area contributed by atoms with E-state index < -0.39 is 6.10 Å². The first-order valence-corrected chi connectivity index (χ1v) is 8.73.